The van der Waals surface area contributed by atoms with Crippen LogP contribution in [-0.2, 0) is 16.4 Å². The van der Waals surface area contributed by atoms with Crippen LogP contribution in [-0.4, -0.2) is 43.6 Å². The van der Waals surface area contributed by atoms with Gasteiger partial charge in [-0.15, -0.1) is 0 Å². The van der Waals surface area contributed by atoms with Crippen LogP contribution in [0, 0.1) is 0 Å². The average molecular weight is 323 g/mol. The van der Waals surface area contributed by atoms with E-state index in [-0.39, 0.29) is 16.7 Å². The Morgan fingerprint density at radius 1 is 1.36 bits per heavy atom. The third-order valence-electron chi connectivity index (χ3n) is 3.28. The molecule has 0 unspecified atom stereocenters. The van der Waals surface area contributed by atoms with Crippen molar-refractivity contribution in [3.05, 3.63) is 42.7 Å². The number of methoxy groups -OCH3 is 1. The van der Waals surface area contributed by atoms with E-state index in [0.29, 0.717) is 18.8 Å². The Balaban J connectivity index is 1.87. The van der Waals surface area contributed by atoms with Crippen LogP contribution in [0.25, 0.3) is 0 Å². The number of nitrogens with zero attached hydrogens (tertiary/aromatic N) is 2. The van der Waals surface area contributed by atoms with Gasteiger partial charge in [-0.1, -0.05) is 6.07 Å². The monoisotopic (exact) mass is 323 g/mol. The third-order valence-corrected chi connectivity index (χ3v) is 5.00. The maximum absolute atomic E-state index is 12.3. The highest BCUT2D eigenvalue weighted by molar-refractivity contribution is 7.91. The van der Waals surface area contributed by atoms with Crippen molar-refractivity contribution in [3.8, 4) is 5.75 Å². The second-order valence-electron chi connectivity index (χ2n) is 5.08. The first-order valence-corrected chi connectivity index (χ1v) is 8.74. The summed E-state index contributed by atoms with van der Waals surface area (Å²) < 4.78 is 31.4. The lowest BCUT2D eigenvalue weighted by Crippen LogP contribution is -2.34. The summed E-state index contributed by atoms with van der Waals surface area (Å²) in [5, 5.41) is 7.33. The number of nitrogens with one attached hydrogen (secondary N) is 1. The zero-order valence-electron chi connectivity index (χ0n) is 12.8. The second kappa shape index (κ2) is 7.42. The van der Waals surface area contributed by atoms with Crippen LogP contribution >= 0.6 is 0 Å². The fourth-order valence-corrected chi connectivity index (χ4v) is 3.31. The number of benzene rings is 1. The molecule has 7 heteroatoms. The van der Waals surface area contributed by atoms with Crippen LogP contribution in [0.2, 0.25) is 0 Å². The molecule has 0 aliphatic heterocycles. The Morgan fingerprint density at radius 2 is 2.18 bits per heavy atom. The molecule has 0 aliphatic rings. The number of aromatic nitrogens is 2. The third kappa shape index (κ3) is 4.57. The maximum Gasteiger partial charge on any atom is 0.179 e. The average Bonchev–Trinajstić information content (AvgIpc) is 3.00. The molecule has 120 valence electrons. The lowest BCUT2D eigenvalue weighted by Gasteiger charge is -2.14. The van der Waals surface area contributed by atoms with Gasteiger partial charge in [0.1, 0.15) is 5.75 Å². The summed E-state index contributed by atoms with van der Waals surface area (Å²) in [6.07, 6.45) is 3.60. The molecule has 2 rings (SSSR count). The van der Waals surface area contributed by atoms with Gasteiger partial charge in [0.15, 0.2) is 9.84 Å². The summed E-state index contributed by atoms with van der Waals surface area (Å²) in [5.41, 5.74) is 0. The van der Waals surface area contributed by atoms with Crippen molar-refractivity contribution >= 4 is 9.84 Å². The zero-order valence-corrected chi connectivity index (χ0v) is 13.6. The summed E-state index contributed by atoms with van der Waals surface area (Å²) in [7, 11) is -1.80. The molecular formula is C15H21N3O3S. The van der Waals surface area contributed by atoms with Gasteiger partial charge in [0.2, 0.25) is 0 Å². The number of sulfone groups is 1. The Kier molecular flexibility index (Phi) is 5.57. The molecule has 0 spiro atoms. The standard InChI is InChI=1S/C15H21N3O3S/c1-13(12-18-9-4-7-17-18)16-8-10-22(19,20)15-6-3-5-14(11-15)21-2/h3-7,9,11,13,16H,8,10,12H2,1-2H3/t13-/m0/s1. The summed E-state index contributed by atoms with van der Waals surface area (Å²) in [4.78, 5) is 0.286. The largest absolute Gasteiger partial charge is 0.497 e. The smallest absolute Gasteiger partial charge is 0.179 e. The van der Waals surface area contributed by atoms with Gasteiger partial charge >= 0.3 is 0 Å². The first-order chi connectivity index (χ1) is 10.5. The molecule has 22 heavy (non-hydrogen) atoms. The lowest BCUT2D eigenvalue weighted by molar-refractivity contribution is 0.413. The van der Waals surface area contributed by atoms with E-state index in [1.54, 1.807) is 30.5 Å². The van der Waals surface area contributed by atoms with Crippen LogP contribution in [0.3, 0.4) is 0 Å². The predicted octanol–water partition coefficient (Wildman–Crippen LogP) is 1.34. The number of hydrogen-bond acceptors (Lipinski definition) is 5. The minimum atomic E-state index is -3.32. The summed E-state index contributed by atoms with van der Waals surface area (Å²) in [6.45, 7) is 3.09. The fourth-order valence-electron chi connectivity index (χ4n) is 2.11. The van der Waals surface area contributed by atoms with Crippen molar-refractivity contribution in [2.24, 2.45) is 0 Å². The van der Waals surface area contributed by atoms with E-state index in [2.05, 4.69) is 10.4 Å². The molecule has 0 fully saturated rings. The maximum atomic E-state index is 12.3. The number of ether oxygens (including phenoxy) is 1. The molecule has 0 bridgehead atoms. The van der Waals surface area contributed by atoms with E-state index in [9.17, 15) is 8.42 Å². The molecule has 0 amide bonds. The van der Waals surface area contributed by atoms with Crippen molar-refractivity contribution in [1.29, 1.82) is 0 Å². The van der Waals surface area contributed by atoms with Gasteiger partial charge in [-0.25, -0.2) is 8.42 Å². The van der Waals surface area contributed by atoms with E-state index in [0.717, 1.165) is 0 Å². The SMILES string of the molecule is COc1cccc(S(=O)(=O)CCN[C@@H](C)Cn2cccn2)c1. The zero-order chi connectivity index (χ0) is 16.0. The molecule has 0 radical (unpaired) electrons. The Morgan fingerprint density at radius 3 is 2.86 bits per heavy atom. The van der Waals surface area contributed by atoms with Gasteiger partial charge in [0, 0.05) is 25.0 Å². The van der Waals surface area contributed by atoms with E-state index < -0.39 is 9.84 Å². The van der Waals surface area contributed by atoms with Crippen LogP contribution in [0.1, 0.15) is 6.92 Å². The summed E-state index contributed by atoms with van der Waals surface area (Å²) in [6, 6.07) is 8.54. The van der Waals surface area contributed by atoms with E-state index >= 15 is 0 Å². The van der Waals surface area contributed by atoms with Crippen molar-refractivity contribution in [2.45, 2.75) is 24.4 Å². The lowest BCUT2D eigenvalue weighted by atomic mass is 10.3. The highest BCUT2D eigenvalue weighted by Gasteiger charge is 2.15. The van der Waals surface area contributed by atoms with Crippen molar-refractivity contribution in [3.63, 3.8) is 0 Å². The second-order valence-corrected chi connectivity index (χ2v) is 7.19. The van der Waals surface area contributed by atoms with Crippen LogP contribution in [0.5, 0.6) is 5.75 Å². The molecule has 6 nitrogen and oxygen atoms in total. The minimum absolute atomic E-state index is 0.0453. The van der Waals surface area contributed by atoms with Crippen LogP contribution in [0.4, 0.5) is 0 Å². The molecule has 0 saturated heterocycles. The molecule has 0 saturated carbocycles. The van der Waals surface area contributed by atoms with Crippen LogP contribution < -0.4 is 10.1 Å². The molecule has 0 aliphatic carbocycles. The van der Waals surface area contributed by atoms with Gasteiger partial charge in [-0.3, -0.25) is 4.68 Å². The van der Waals surface area contributed by atoms with Gasteiger partial charge in [0.05, 0.1) is 24.3 Å². The van der Waals surface area contributed by atoms with Gasteiger partial charge < -0.3 is 10.1 Å². The normalized spacial score (nSPS) is 13.0. The number of hydrogen-bond donors (Lipinski definition) is 1. The van der Waals surface area contributed by atoms with E-state index in [1.165, 1.54) is 7.11 Å². The highest BCUT2D eigenvalue weighted by atomic mass is 32.2. The molecule has 1 aromatic carbocycles. The number of rotatable bonds is 8. The van der Waals surface area contributed by atoms with Crippen molar-refractivity contribution in [1.82, 2.24) is 15.1 Å². The Bertz CT molecular complexity index is 684. The summed E-state index contributed by atoms with van der Waals surface area (Å²) in [5.74, 6) is 0.588. The molecule has 2 aromatic rings. The molecule has 1 N–H and O–H groups in total. The van der Waals surface area contributed by atoms with Crippen molar-refractivity contribution < 1.29 is 13.2 Å². The minimum Gasteiger partial charge on any atom is -0.497 e. The quantitative estimate of drug-likeness (QED) is 0.794. The predicted molar refractivity (Wildman–Crippen MR) is 84.7 cm³/mol. The van der Waals surface area contributed by atoms with E-state index in [4.69, 9.17) is 4.74 Å². The molecule has 1 aromatic heterocycles. The Hall–Kier alpha value is -1.86. The molecular weight excluding hydrogens is 302 g/mol. The molecule has 1 atom stereocenters. The first kappa shape index (κ1) is 16.5. The Labute approximate surface area is 131 Å². The highest BCUT2D eigenvalue weighted by Crippen LogP contribution is 2.17. The molecule has 1 heterocycles. The van der Waals surface area contributed by atoms with E-state index in [1.807, 2.05) is 23.9 Å². The fraction of sp³-hybridized carbons (Fsp3) is 0.400. The van der Waals surface area contributed by atoms with Crippen molar-refractivity contribution in [2.75, 3.05) is 19.4 Å². The van der Waals surface area contributed by atoms with Gasteiger partial charge in [0.25, 0.3) is 0 Å². The summed E-state index contributed by atoms with van der Waals surface area (Å²) >= 11 is 0. The first-order valence-electron chi connectivity index (χ1n) is 7.09. The topological polar surface area (TPSA) is 73.2 Å². The van der Waals surface area contributed by atoms with Gasteiger partial charge in [-0.2, -0.15) is 5.10 Å². The van der Waals surface area contributed by atoms with Crippen LogP contribution in [0.15, 0.2) is 47.6 Å². The van der Waals surface area contributed by atoms with Gasteiger partial charge in [-0.05, 0) is 31.2 Å².